The summed E-state index contributed by atoms with van der Waals surface area (Å²) in [4.78, 5) is 10.3. The quantitative estimate of drug-likeness (QED) is 0.194. The Kier molecular flexibility index (Phi) is 19.6. The van der Waals surface area contributed by atoms with Gasteiger partial charge in [-0.25, -0.2) is 0 Å². The Balaban J connectivity index is 3.02. The lowest BCUT2D eigenvalue weighted by molar-refractivity contribution is -0.136. The third kappa shape index (κ3) is 21.2. The van der Waals surface area contributed by atoms with E-state index in [1.165, 1.54) is 103 Å². The second kappa shape index (κ2) is 20.3. The number of hydrogen-bond donors (Lipinski definition) is 1. The van der Waals surface area contributed by atoms with Crippen molar-refractivity contribution in [2.24, 2.45) is 0 Å². The predicted molar refractivity (Wildman–Crippen MR) is 106 cm³/mol. The summed E-state index contributed by atoms with van der Waals surface area (Å²) in [6.45, 7) is 2.28. The van der Waals surface area contributed by atoms with Crippen LogP contribution in [0.4, 0.5) is 0 Å². The Hall–Kier alpha value is -0.790. The minimum atomic E-state index is -0.738. The second-order valence-corrected chi connectivity index (χ2v) is 7.16. The number of rotatable bonds is 19. The van der Waals surface area contributed by atoms with Crippen molar-refractivity contribution in [2.75, 3.05) is 0 Å². The Morgan fingerprint density at radius 3 is 1.38 bits per heavy atom. The first-order valence-corrected chi connectivity index (χ1v) is 10.6. The second-order valence-electron chi connectivity index (χ2n) is 7.16. The first-order valence-electron chi connectivity index (χ1n) is 10.6. The van der Waals surface area contributed by atoms with Gasteiger partial charge in [0.1, 0.15) is 0 Å². The van der Waals surface area contributed by atoms with E-state index < -0.39 is 5.97 Å². The normalized spacial score (nSPS) is 11.4. The number of hydrogen-bond acceptors (Lipinski definition) is 1. The van der Waals surface area contributed by atoms with Crippen molar-refractivity contribution >= 4 is 5.97 Å². The van der Waals surface area contributed by atoms with Crippen LogP contribution >= 0.6 is 0 Å². The van der Waals surface area contributed by atoms with E-state index in [1.54, 1.807) is 6.08 Å². The Morgan fingerprint density at radius 2 is 1.00 bits per heavy atom. The molecule has 0 aromatic rings. The number of carbonyl (C=O) groups is 1. The van der Waals surface area contributed by atoms with E-state index in [9.17, 15) is 4.79 Å². The average molecular weight is 339 g/mol. The van der Waals surface area contributed by atoms with Crippen molar-refractivity contribution in [3.8, 4) is 0 Å². The van der Waals surface area contributed by atoms with Crippen molar-refractivity contribution in [2.45, 2.75) is 122 Å². The number of aliphatic carboxylic acids is 1. The van der Waals surface area contributed by atoms with E-state index in [1.807, 2.05) is 6.08 Å². The molecule has 1 N–H and O–H groups in total. The van der Waals surface area contributed by atoms with Crippen LogP contribution in [0.2, 0.25) is 0 Å². The summed E-state index contributed by atoms with van der Waals surface area (Å²) in [5.74, 6) is -0.738. The molecule has 0 rings (SSSR count). The van der Waals surface area contributed by atoms with E-state index in [0.29, 0.717) is 0 Å². The topological polar surface area (TPSA) is 37.3 Å². The SMILES string of the molecule is CCCCCCCCCCCCCCCCCC/C=C\CC(=O)O. The molecule has 0 heterocycles. The smallest absolute Gasteiger partial charge is 0.307 e. The largest absolute Gasteiger partial charge is 0.481 e. The van der Waals surface area contributed by atoms with E-state index in [0.717, 1.165) is 6.42 Å². The fraction of sp³-hybridized carbons (Fsp3) is 0.864. The van der Waals surface area contributed by atoms with Gasteiger partial charge >= 0.3 is 5.97 Å². The fourth-order valence-electron chi connectivity index (χ4n) is 3.11. The predicted octanol–water partition coefficient (Wildman–Crippen LogP) is 7.67. The van der Waals surface area contributed by atoms with E-state index in [-0.39, 0.29) is 6.42 Å². The number of carboxylic acids is 1. The van der Waals surface area contributed by atoms with Crippen LogP contribution in [0.25, 0.3) is 0 Å². The van der Waals surface area contributed by atoms with Gasteiger partial charge in [0, 0.05) is 0 Å². The van der Waals surface area contributed by atoms with Gasteiger partial charge in [-0.3, -0.25) is 4.79 Å². The van der Waals surface area contributed by atoms with Gasteiger partial charge in [-0.1, -0.05) is 115 Å². The van der Waals surface area contributed by atoms with Gasteiger partial charge < -0.3 is 5.11 Å². The molecule has 0 aliphatic carbocycles. The summed E-state index contributed by atoms with van der Waals surface area (Å²) in [5, 5.41) is 8.51. The third-order valence-electron chi connectivity index (χ3n) is 4.68. The maximum Gasteiger partial charge on any atom is 0.307 e. The molecule has 0 aliphatic heterocycles. The van der Waals surface area contributed by atoms with Crippen LogP contribution in [0.5, 0.6) is 0 Å². The van der Waals surface area contributed by atoms with Crippen LogP contribution < -0.4 is 0 Å². The van der Waals surface area contributed by atoms with Crippen molar-refractivity contribution in [3.05, 3.63) is 12.2 Å². The van der Waals surface area contributed by atoms with Gasteiger partial charge in [0.05, 0.1) is 6.42 Å². The highest BCUT2D eigenvalue weighted by Crippen LogP contribution is 2.14. The lowest BCUT2D eigenvalue weighted by Crippen LogP contribution is -1.89. The highest BCUT2D eigenvalue weighted by Gasteiger charge is 1.94. The van der Waals surface area contributed by atoms with Crippen LogP contribution in [-0.4, -0.2) is 11.1 Å². The molecule has 0 radical (unpaired) electrons. The molecule has 0 bridgehead atoms. The van der Waals surface area contributed by atoms with E-state index in [2.05, 4.69) is 6.92 Å². The minimum absolute atomic E-state index is 0.166. The molecule has 0 aromatic heterocycles. The molecule has 0 saturated heterocycles. The zero-order chi connectivity index (χ0) is 17.7. The van der Waals surface area contributed by atoms with E-state index in [4.69, 9.17) is 5.11 Å². The Labute approximate surface area is 151 Å². The molecule has 0 fully saturated rings. The van der Waals surface area contributed by atoms with Crippen molar-refractivity contribution in [3.63, 3.8) is 0 Å². The Morgan fingerprint density at radius 1 is 0.625 bits per heavy atom. The summed E-state index contributed by atoms with van der Waals surface area (Å²) in [5.41, 5.74) is 0. The average Bonchev–Trinajstić information content (AvgIpc) is 2.56. The van der Waals surface area contributed by atoms with Gasteiger partial charge in [-0.15, -0.1) is 0 Å². The van der Waals surface area contributed by atoms with Gasteiger partial charge in [0.15, 0.2) is 0 Å². The zero-order valence-electron chi connectivity index (χ0n) is 16.2. The van der Waals surface area contributed by atoms with Crippen molar-refractivity contribution in [1.82, 2.24) is 0 Å². The standard InChI is InChI=1S/C22H42O2/c1-2-3-4-5-6-7-8-9-10-11-12-13-14-15-16-17-18-19-20-21-22(23)24/h19-20H,2-18,21H2,1H3,(H,23,24)/b20-19-. The molecule has 0 atom stereocenters. The maximum atomic E-state index is 10.3. The summed E-state index contributed by atoms with van der Waals surface area (Å²) in [7, 11) is 0. The highest BCUT2D eigenvalue weighted by atomic mass is 16.4. The van der Waals surface area contributed by atoms with Crippen LogP contribution in [0.3, 0.4) is 0 Å². The maximum absolute atomic E-state index is 10.3. The van der Waals surface area contributed by atoms with Gasteiger partial charge in [-0.05, 0) is 12.8 Å². The van der Waals surface area contributed by atoms with Gasteiger partial charge in [0.2, 0.25) is 0 Å². The molecule has 0 unspecified atom stereocenters. The number of allylic oxidation sites excluding steroid dienone is 1. The van der Waals surface area contributed by atoms with Crippen LogP contribution in [0.1, 0.15) is 122 Å². The molecular formula is C22H42O2. The summed E-state index contributed by atoms with van der Waals surface area (Å²) in [6.07, 6.45) is 27.3. The summed E-state index contributed by atoms with van der Waals surface area (Å²) >= 11 is 0. The molecule has 2 heteroatoms. The minimum Gasteiger partial charge on any atom is -0.481 e. The van der Waals surface area contributed by atoms with Gasteiger partial charge in [0.25, 0.3) is 0 Å². The molecule has 0 aliphatic rings. The third-order valence-corrected chi connectivity index (χ3v) is 4.68. The molecule has 24 heavy (non-hydrogen) atoms. The lowest BCUT2D eigenvalue weighted by atomic mass is 10.0. The number of carboxylic acid groups (broad SMARTS) is 1. The first-order chi connectivity index (χ1) is 11.8. The first kappa shape index (κ1) is 23.2. The van der Waals surface area contributed by atoms with Crippen LogP contribution in [0.15, 0.2) is 12.2 Å². The fourth-order valence-corrected chi connectivity index (χ4v) is 3.11. The lowest BCUT2D eigenvalue weighted by Gasteiger charge is -2.03. The van der Waals surface area contributed by atoms with Crippen molar-refractivity contribution < 1.29 is 9.90 Å². The molecular weight excluding hydrogens is 296 g/mol. The molecule has 2 nitrogen and oxygen atoms in total. The highest BCUT2D eigenvalue weighted by molar-refractivity contribution is 5.68. The molecule has 142 valence electrons. The summed E-state index contributed by atoms with van der Waals surface area (Å²) in [6, 6.07) is 0. The Bertz CT molecular complexity index is 284. The van der Waals surface area contributed by atoms with Crippen LogP contribution in [-0.2, 0) is 4.79 Å². The van der Waals surface area contributed by atoms with Crippen molar-refractivity contribution in [1.29, 1.82) is 0 Å². The van der Waals surface area contributed by atoms with Crippen LogP contribution in [0, 0.1) is 0 Å². The zero-order valence-corrected chi connectivity index (χ0v) is 16.2. The molecule has 0 aromatic carbocycles. The van der Waals surface area contributed by atoms with E-state index >= 15 is 0 Å². The number of unbranched alkanes of at least 4 members (excludes halogenated alkanes) is 16. The monoisotopic (exact) mass is 338 g/mol. The summed E-state index contributed by atoms with van der Waals surface area (Å²) < 4.78 is 0. The van der Waals surface area contributed by atoms with Gasteiger partial charge in [-0.2, -0.15) is 0 Å². The molecule has 0 amide bonds. The molecule has 0 saturated carbocycles. The molecule has 0 spiro atoms.